The normalized spacial score (nSPS) is 11.7. The van der Waals surface area contributed by atoms with Crippen LogP contribution in [0.2, 0.25) is 0 Å². The highest BCUT2D eigenvalue weighted by Crippen LogP contribution is 2.12. The molecule has 0 unspecified atom stereocenters. The predicted molar refractivity (Wildman–Crippen MR) is 95.5 cm³/mol. The zero-order valence-corrected chi connectivity index (χ0v) is 15.2. The fraction of sp³-hybridized carbons (Fsp3) is 0.588. The Labute approximate surface area is 140 Å². The number of nitrogens with zero attached hydrogens (tertiary/aromatic N) is 1. The Morgan fingerprint density at radius 1 is 1.04 bits per heavy atom. The number of anilines is 1. The van der Waals surface area contributed by atoms with Crippen molar-refractivity contribution in [2.75, 3.05) is 30.6 Å². The molecule has 0 aliphatic carbocycles. The number of ketones is 1. The number of Topliss-reactive ketones (excluding diaryl/α,β-unsaturated/α-hetero) is 1. The van der Waals surface area contributed by atoms with Crippen LogP contribution in [0, 0.1) is 0 Å². The van der Waals surface area contributed by atoms with Gasteiger partial charge in [-0.2, -0.15) is 0 Å². The van der Waals surface area contributed by atoms with Gasteiger partial charge in [-0.05, 0) is 50.2 Å². The van der Waals surface area contributed by atoms with Crippen molar-refractivity contribution in [1.29, 1.82) is 0 Å². The Morgan fingerprint density at radius 2 is 1.57 bits per heavy atom. The molecule has 0 aliphatic heterocycles. The van der Waals surface area contributed by atoms with Gasteiger partial charge >= 0.3 is 0 Å². The zero-order chi connectivity index (χ0) is 17.3. The van der Waals surface area contributed by atoms with E-state index in [1.165, 1.54) is 0 Å². The van der Waals surface area contributed by atoms with E-state index in [2.05, 4.69) is 23.5 Å². The van der Waals surface area contributed by atoms with E-state index in [-0.39, 0.29) is 5.78 Å². The van der Waals surface area contributed by atoms with E-state index >= 15 is 0 Å². The van der Waals surface area contributed by atoms with Crippen LogP contribution in [0.15, 0.2) is 24.3 Å². The lowest BCUT2D eigenvalue weighted by atomic mass is 10.1. The highest BCUT2D eigenvalue weighted by atomic mass is 32.2. The maximum absolute atomic E-state index is 12.4. The van der Waals surface area contributed by atoms with Crippen LogP contribution in [0.25, 0.3) is 0 Å². The van der Waals surface area contributed by atoms with Crippen LogP contribution in [-0.4, -0.2) is 45.0 Å². The van der Waals surface area contributed by atoms with Crippen molar-refractivity contribution in [3.05, 3.63) is 29.8 Å². The molecule has 0 aromatic heterocycles. The average Bonchev–Trinajstić information content (AvgIpc) is 2.49. The first-order chi connectivity index (χ1) is 10.9. The van der Waals surface area contributed by atoms with Gasteiger partial charge in [0.15, 0.2) is 5.78 Å². The van der Waals surface area contributed by atoms with Crippen LogP contribution in [0.1, 0.15) is 49.9 Å². The number of rotatable bonds is 11. The van der Waals surface area contributed by atoms with E-state index in [1.807, 2.05) is 0 Å². The standard InChI is InChI=1S/C17H28N2O3S/c1-4-6-12-19(13-7-5-2)14-17(20)15-8-10-16(11-9-15)18-23(3,21)22/h8-11,18H,4-7,12-14H2,1-3H3. The number of carbonyl (C=O) groups excluding carboxylic acids is 1. The summed E-state index contributed by atoms with van der Waals surface area (Å²) < 4.78 is 24.8. The molecule has 0 bridgehead atoms. The van der Waals surface area contributed by atoms with Gasteiger partial charge in [0.05, 0.1) is 12.8 Å². The number of sulfonamides is 1. The summed E-state index contributed by atoms with van der Waals surface area (Å²) in [7, 11) is -3.29. The molecule has 5 nitrogen and oxygen atoms in total. The van der Waals surface area contributed by atoms with Gasteiger partial charge in [0.1, 0.15) is 0 Å². The third-order valence-electron chi connectivity index (χ3n) is 3.53. The first-order valence-corrected chi connectivity index (χ1v) is 10.1. The molecule has 23 heavy (non-hydrogen) atoms. The third-order valence-corrected chi connectivity index (χ3v) is 4.14. The SMILES string of the molecule is CCCCN(CCCC)CC(=O)c1ccc(NS(C)(=O)=O)cc1. The summed E-state index contributed by atoms with van der Waals surface area (Å²) >= 11 is 0. The summed E-state index contributed by atoms with van der Waals surface area (Å²) in [5.74, 6) is 0.0723. The molecule has 0 saturated carbocycles. The predicted octanol–water partition coefficient (Wildman–Crippen LogP) is 3.14. The minimum atomic E-state index is -3.29. The third kappa shape index (κ3) is 8.13. The maximum atomic E-state index is 12.4. The van der Waals surface area contributed by atoms with E-state index in [0.29, 0.717) is 17.8 Å². The van der Waals surface area contributed by atoms with Gasteiger partial charge < -0.3 is 0 Å². The zero-order valence-electron chi connectivity index (χ0n) is 14.3. The second kappa shape index (κ2) is 9.67. The van der Waals surface area contributed by atoms with Crippen molar-refractivity contribution in [2.24, 2.45) is 0 Å². The lowest BCUT2D eigenvalue weighted by Gasteiger charge is -2.21. The summed E-state index contributed by atoms with van der Waals surface area (Å²) in [6.45, 7) is 6.59. The van der Waals surface area contributed by atoms with E-state index < -0.39 is 10.0 Å². The van der Waals surface area contributed by atoms with Crippen LogP contribution < -0.4 is 4.72 Å². The van der Waals surface area contributed by atoms with Gasteiger partial charge in [-0.25, -0.2) is 8.42 Å². The minimum absolute atomic E-state index is 0.0723. The largest absolute Gasteiger partial charge is 0.296 e. The van der Waals surface area contributed by atoms with Crippen LogP contribution in [0.3, 0.4) is 0 Å². The van der Waals surface area contributed by atoms with Crippen molar-refractivity contribution in [3.63, 3.8) is 0 Å². The summed E-state index contributed by atoms with van der Waals surface area (Å²) in [6, 6.07) is 6.59. The van der Waals surface area contributed by atoms with Crippen LogP contribution in [0.5, 0.6) is 0 Å². The molecule has 130 valence electrons. The Balaban J connectivity index is 2.67. The molecule has 1 N–H and O–H groups in total. The Morgan fingerprint density at radius 3 is 2.00 bits per heavy atom. The lowest BCUT2D eigenvalue weighted by molar-refractivity contribution is 0.0928. The van der Waals surface area contributed by atoms with Gasteiger partial charge in [-0.3, -0.25) is 14.4 Å². The average molecular weight is 340 g/mol. The number of carbonyl (C=O) groups is 1. The molecule has 0 saturated heterocycles. The van der Waals surface area contributed by atoms with E-state index in [0.717, 1.165) is 45.0 Å². The van der Waals surface area contributed by atoms with Gasteiger partial charge in [-0.1, -0.05) is 26.7 Å². The molecule has 1 rings (SSSR count). The molecule has 6 heteroatoms. The molecule has 1 aromatic rings. The van der Waals surface area contributed by atoms with Gasteiger partial charge in [-0.15, -0.1) is 0 Å². The monoisotopic (exact) mass is 340 g/mol. The van der Waals surface area contributed by atoms with Gasteiger partial charge in [0.2, 0.25) is 10.0 Å². The summed E-state index contributed by atoms with van der Waals surface area (Å²) in [5.41, 5.74) is 1.08. The maximum Gasteiger partial charge on any atom is 0.229 e. The second-order valence-corrected chi connectivity index (χ2v) is 7.61. The van der Waals surface area contributed by atoms with E-state index in [9.17, 15) is 13.2 Å². The Hall–Kier alpha value is -1.40. The summed E-state index contributed by atoms with van der Waals surface area (Å²) in [5, 5.41) is 0. The van der Waals surface area contributed by atoms with Crippen molar-refractivity contribution >= 4 is 21.5 Å². The lowest BCUT2D eigenvalue weighted by Crippen LogP contribution is -2.31. The molecular formula is C17H28N2O3S. The Bertz CT molecular complexity index is 574. The summed E-state index contributed by atoms with van der Waals surface area (Å²) in [4.78, 5) is 14.6. The quantitative estimate of drug-likeness (QED) is 0.629. The first-order valence-electron chi connectivity index (χ1n) is 8.19. The number of hydrogen-bond donors (Lipinski definition) is 1. The first kappa shape index (κ1) is 19.6. The number of nitrogens with one attached hydrogen (secondary N) is 1. The molecule has 0 aliphatic rings. The molecule has 0 amide bonds. The molecule has 0 atom stereocenters. The van der Waals surface area contributed by atoms with E-state index in [1.54, 1.807) is 24.3 Å². The molecule has 1 aromatic carbocycles. The molecule has 0 fully saturated rings. The number of unbranched alkanes of at least 4 members (excludes halogenated alkanes) is 2. The molecule has 0 radical (unpaired) electrons. The second-order valence-electron chi connectivity index (χ2n) is 5.86. The number of benzene rings is 1. The Kier molecular flexibility index (Phi) is 8.26. The summed E-state index contributed by atoms with van der Waals surface area (Å²) in [6.07, 6.45) is 5.51. The fourth-order valence-electron chi connectivity index (χ4n) is 2.27. The van der Waals surface area contributed by atoms with Crippen molar-refractivity contribution in [3.8, 4) is 0 Å². The van der Waals surface area contributed by atoms with Crippen molar-refractivity contribution in [1.82, 2.24) is 4.90 Å². The minimum Gasteiger partial charge on any atom is -0.296 e. The molecular weight excluding hydrogens is 312 g/mol. The molecule has 0 heterocycles. The smallest absolute Gasteiger partial charge is 0.229 e. The molecule has 0 spiro atoms. The van der Waals surface area contributed by atoms with Gasteiger partial charge in [0.25, 0.3) is 0 Å². The highest BCUT2D eigenvalue weighted by Gasteiger charge is 2.12. The van der Waals surface area contributed by atoms with Crippen molar-refractivity contribution < 1.29 is 13.2 Å². The van der Waals surface area contributed by atoms with Crippen LogP contribution >= 0.6 is 0 Å². The van der Waals surface area contributed by atoms with Crippen LogP contribution in [0.4, 0.5) is 5.69 Å². The fourth-order valence-corrected chi connectivity index (χ4v) is 2.83. The highest BCUT2D eigenvalue weighted by molar-refractivity contribution is 7.92. The topological polar surface area (TPSA) is 66.5 Å². The van der Waals surface area contributed by atoms with Crippen LogP contribution in [-0.2, 0) is 10.0 Å². The number of hydrogen-bond acceptors (Lipinski definition) is 4. The van der Waals surface area contributed by atoms with Gasteiger partial charge in [0, 0.05) is 11.3 Å². The van der Waals surface area contributed by atoms with Crippen molar-refractivity contribution in [2.45, 2.75) is 39.5 Å². The van der Waals surface area contributed by atoms with E-state index in [4.69, 9.17) is 0 Å².